The van der Waals surface area contributed by atoms with Crippen LogP contribution in [-0.4, -0.2) is 26.0 Å². The number of nitrogens with zero attached hydrogens (tertiary/aromatic N) is 1. The van der Waals surface area contributed by atoms with E-state index in [1.807, 2.05) is 20.9 Å². The summed E-state index contributed by atoms with van der Waals surface area (Å²) < 4.78 is 27.3. The Morgan fingerprint density at radius 1 is 1.37 bits per heavy atom. The Balaban J connectivity index is 2.14. The van der Waals surface area contributed by atoms with Gasteiger partial charge in [0.05, 0.1) is 0 Å². The Bertz CT molecular complexity index is 534. The number of hydrogen-bond acceptors (Lipinski definition) is 4. The van der Waals surface area contributed by atoms with Crippen molar-refractivity contribution in [2.75, 3.05) is 7.05 Å². The van der Waals surface area contributed by atoms with E-state index in [4.69, 9.17) is 0 Å². The second kappa shape index (κ2) is 5.19. The lowest BCUT2D eigenvalue weighted by Gasteiger charge is -2.25. The van der Waals surface area contributed by atoms with Crippen molar-refractivity contribution in [2.45, 2.75) is 43.8 Å². The molecule has 6 heteroatoms. The van der Waals surface area contributed by atoms with Gasteiger partial charge in [-0.3, -0.25) is 0 Å². The Hall–Kier alpha value is -0.980. The van der Waals surface area contributed by atoms with Gasteiger partial charge in [-0.15, -0.1) is 0 Å². The molecule has 2 rings (SSSR count). The van der Waals surface area contributed by atoms with Crippen LogP contribution in [0.2, 0.25) is 0 Å². The van der Waals surface area contributed by atoms with Crippen LogP contribution < -0.4 is 10.0 Å². The highest BCUT2D eigenvalue weighted by atomic mass is 32.2. The predicted octanol–water partition coefficient (Wildman–Crippen LogP) is 1.27. The molecular formula is C13H21N3O2S. The molecule has 0 radical (unpaired) electrons. The highest BCUT2D eigenvalue weighted by Gasteiger charge is 2.40. The summed E-state index contributed by atoms with van der Waals surface area (Å²) in [6.07, 6.45) is 3.77. The monoisotopic (exact) mass is 283 g/mol. The van der Waals surface area contributed by atoms with Crippen LogP contribution in [0.3, 0.4) is 0 Å². The van der Waals surface area contributed by atoms with Gasteiger partial charge < -0.3 is 5.32 Å². The Morgan fingerprint density at radius 2 is 2.05 bits per heavy atom. The summed E-state index contributed by atoms with van der Waals surface area (Å²) in [5.74, 6) is 0.436. The molecule has 1 saturated carbocycles. The van der Waals surface area contributed by atoms with Crippen molar-refractivity contribution in [2.24, 2.45) is 5.92 Å². The SMILES string of the molecule is CNCc1ccc(S(=O)(=O)NC(C)(C)C2CC2)nc1. The first-order chi connectivity index (χ1) is 8.85. The summed E-state index contributed by atoms with van der Waals surface area (Å²) in [5.41, 5.74) is 0.562. The van der Waals surface area contributed by atoms with E-state index < -0.39 is 15.6 Å². The lowest BCUT2D eigenvalue weighted by atomic mass is 10.0. The van der Waals surface area contributed by atoms with Gasteiger partial charge in [0.25, 0.3) is 10.0 Å². The minimum Gasteiger partial charge on any atom is -0.316 e. The average Bonchev–Trinajstić information content (AvgIpc) is 3.12. The van der Waals surface area contributed by atoms with Gasteiger partial charge in [0.15, 0.2) is 5.03 Å². The van der Waals surface area contributed by atoms with E-state index in [0.717, 1.165) is 18.4 Å². The van der Waals surface area contributed by atoms with Crippen molar-refractivity contribution >= 4 is 10.0 Å². The summed E-state index contributed by atoms with van der Waals surface area (Å²) in [5, 5.41) is 3.08. The van der Waals surface area contributed by atoms with Crippen LogP contribution in [0.25, 0.3) is 0 Å². The first-order valence-corrected chi connectivity index (χ1v) is 7.97. The summed E-state index contributed by atoms with van der Waals surface area (Å²) in [4.78, 5) is 4.04. The normalized spacial score (nSPS) is 16.6. The van der Waals surface area contributed by atoms with E-state index >= 15 is 0 Å². The van der Waals surface area contributed by atoms with Crippen molar-refractivity contribution < 1.29 is 8.42 Å². The number of sulfonamides is 1. The molecule has 0 aliphatic heterocycles. The summed E-state index contributed by atoms with van der Waals surface area (Å²) in [6.45, 7) is 4.53. The van der Waals surface area contributed by atoms with E-state index in [2.05, 4.69) is 15.0 Å². The average molecular weight is 283 g/mol. The molecule has 1 aromatic rings. The third-order valence-corrected chi connectivity index (χ3v) is 5.04. The Labute approximate surface area is 114 Å². The molecule has 1 aromatic heterocycles. The van der Waals surface area contributed by atoms with Crippen LogP contribution in [0.5, 0.6) is 0 Å². The van der Waals surface area contributed by atoms with Crippen LogP contribution in [0.1, 0.15) is 32.3 Å². The Morgan fingerprint density at radius 3 is 2.53 bits per heavy atom. The molecule has 1 heterocycles. The Kier molecular flexibility index (Phi) is 3.94. The quantitative estimate of drug-likeness (QED) is 0.825. The van der Waals surface area contributed by atoms with Crippen molar-refractivity contribution in [1.29, 1.82) is 0 Å². The maximum atomic E-state index is 12.3. The predicted molar refractivity (Wildman–Crippen MR) is 74.1 cm³/mol. The van der Waals surface area contributed by atoms with Gasteiger partial charge in [0, 0.05) is 18.3 Å². The fraction of sp³-hybridized carbons (Fsp3) is 0.615. The molecule has 106 valence electrons. The molecule has 0 atom stereocenters. The zero-order valence-electron chi connectivity index (χ0n) is 11.6. The first-order valence-electron chi connectivity index (χ1n) is 6.49. The molecule has 5 nitrogen and oxygen atoms in total. The second-order valence-corrected chi connectivity index (χ2v) is 7.27. The highest BCUT2D eigenvalue weighted by molar-refractivity contribution is 7.89. The third-order valence-electron chi connectivity index (χ3n) is 3.45. The van der Waals surface area contributed by atoms with Crippen LogP contribution in [0, 0.1) is 5.92 Å². The van der Waals surface area contributed by atoms with Gasteiger partial charge in [-0.2, -0.15) is 0 Å². The standard InChI is InChI=1S/C13H21N3O2S/c1-13(2,11-5-6-11)16-19(17,18)12-7-4-10(8-14-3)9-15-12/h4,7,9,11,14,16H,5-6,8H2,1-3H3. The van der Waals surface area contributed by atoms with E-state index in [1.165, 1.54) is 0 Å². The number of pyridine rings is 1. The molecule has 1 aliphatic rings. The molecule has 1 fully saturated rings. The zero-order valence-corrected chi connectivity index (χ0v) is 12.4. The van der Waals surface area contributed by atoms with Crippen LogP contribution >= 0.6 is 0 Å². The molecule has 0 amide bonds. The van der Waals surface area contributed by atoms with E-state index in [1.54, 1.807) is 18.3 Å². The summed E-state index contributed by atoms with van der Waals surface area (Å²) in [6, 6.07) is 3.33. The largest absolute Gasteiger partial charge is 0.316 e. The fourth-order valence-corrected chi connectivity index (χ4v) is 3.57. The minimum atomic E-state index is -3.54. The first kappa shape index (κ1) is 14.4. The molecule has 0 unspecified atom stereocenters. The van der Waals surface area contributed by atoms with Gasteiger partial charge in [-0.1, -0.05) is 6.07 Å². The fourth-order valence-electron chi connectivity index (χ4n) is 2.17. The van der Waals surface area contributed by atoms with Gasteiger partial charge in [-0.25, -0.2) is 18.1 Å². The molecule has 0 aromatic carbocycles. The van der Waals surface area contributed by atoms with Crippen molar-refractivity contribution in [3.8, 4) is 0 Å². The lowest BCUT2D eigenvalue weighted by molar-refractivity contribution is 0.400. The van der Waals surface area contributed by atoms with Crippen LogP contribution in [0.15, 0.2) is 23.4 Å². The number of rotatable bonds is 6. The van der Waals surface area contributed by atoms with Crippen molar-refractivity contribution in [3.05, 3.63) is 23.9 Å². The highest BCUT2D eigenvalue weighted by Crippen LogP contribution is 2.39. The van der Waals surface area contributed by atoms with Gasteiger partial charge in [0.1, 0.15) is 0 Å². The number of hydrogen-bond donors (Lipinski definition) is 2. The van der Waals surface area contributed by atoms with E-state index in [-0.39, 0.29) is 5.03 Å². The van der Waals surface area contributed by atoms with Gasteiger partial charge >= 0.3 is 0 Å². The number of nitrogens with one attached hydrogen (secondary N) is 2. The summed E-state index contributed by atoms with van der Waals surface area (Å²) >= 11 is 0. The lowest BCUT2D eigenvalue weighted by Crippen LogP contribution is -2.45. The molecule has 0 spiro atoms. The third kappa shape index (κ3) is 3.52. The molecule has 0 saturated heterocycles. The smallest absolute Gasteiger partial charge is 0.258 e. The van der Waals surface area contributed by atoms with E-state index in [0.29, 0.717) is 12.5 Å². The maximum Gasteiger partial charge on any atom is 0.258 e. The molecule has 2 N–H and O–H groups in total. The van der Waals surface area contributed by atoms with E-state index in [9.17, 15) is 8.42 Å². The van der Waals surface area contributed by atoms with Crippen molar-refractivity contribution in [1.82, 2.24) is 15.0 Å². The summed E-state index contributed by atoms with van der Waals surface area (Å²) in [7, 11) is -1.70. The van der Waals surface area contributed by atoms with Crippen LogP contribution in [0.4, 0.5) is 0 Å². The zero-order chi connectivity index (χ0) is 14.1. The molecule has 0 bridgehead atoms. The van der Waals surface area contributed by atoms with Gasteiger partial charge in [-0.05, 0) is 51.3 Å². The van der Waals surface area contributed by atoms with Gasteiger partial charge in [0.2, 0.25) is 0 Å². The molecular weight excluding hydrogens is 262 g/mol. The molecule has 19 heavy (non-hydrogen) atoms. The minimum absolute atomic E-state index is 0.0843. The van der Waals surface area contributed by atoms with Crippen molar-refractivity contribution in [3.63, 3.8) is 0 Å². The topological polar surface area (TPSA) is 71.1 Å². The molecule has 1 aliphatic carbocycles. The number of aromatic nitrogens is 1. The van der Waals surface area contributed by atoms with Crippen LogP contribution in [-0.2, 0) is 16.6 Å². The maximum absolute atomic E-state index is 12.3. The second-order valence-electron chi connectivity index (χ2n) is 5.64.